The molecule has 4 aromatic rings. The molecule has 41 heavy (non-hydrogen) atoms. The van der Waals surface area contributed by atoms with E-state index in [-0.39, 0.29) is 22.0 Å². The number of aromatic hydroxyl groups is 1. The molecule has 4 aromatic carbocycles. The van der Waals surface area contributed by atoms with Crippen molar-refractivity contribution in [2.45, 2.75) is 52.4 Å². The van der Waals surface area contributed by atoms with Crippen LogP contribution in [0.1, 0.15) is 58.1 Å². The Morgan fingerprint density at radius 3 is 1.80 bits per heavy atom. The van der Waals surface area contributed by atoms with Gasteiger partial charge in [-0.15, -0.1) is 0 Å². The summed E-state index contributed by atoms with van der Waals surface area (Å²) in [5.41, 5.74) is 6.95. The van der Waals surface area contributed by atoms with Gasteiger partial charge in [0.1, 0.15) is 11.5 Å². The Kier molecular flexibility index (Phi) is 6.22. The van der Waals surface area contributed by atoms with Crippen molar-refractivity contribution in [2.24, 2.45) is 10.8 Å². The van der Waals surface area contributed by atoms with Crippen molar-refractivity contribution in [3.8, 4) is 51.0 Å². The van der Waals surface area contributed by atoms with Crippen LogP contribution < -0.4 is 18.9 Å². The molecule has 1 N–H and O–H groups in total. The summed E-state index contributed by atoms with van der Waals surface area (Å²) in [6.07, 6.45) is 3.24. The van der Waals surface area contributed by atoms with Gasteiger partial charge >= 0.3 is 0 Å². The Hall–Kier alpha value is -3.86. The highest BCUT2D eigenvalue weighted by Crippen LogP contribution is 2.65. The highest BCUT2D eigenvalue weighted by molar-refractivity contribution is 6.07. The molecule has 0 unspecified atom stereocenters. The largest absolute Gasteiger partial charge is 0.507 e. The summed E-state index contributed by atoms with van der Waals surface area (Å²) in [5.74, 6) is 2.61. The number of phenolic OH excluding ortho intramolecular Hbond substituents is 1. The maximum Gasteiger partial charge on any atom is 0.203 e. The van der Waals surface area contributed by atoms with Gasteiger partial charge in [-0.3, -0.25) is 0 Å². The second kappa shape index (κ2) is 9.34. The van der Waals surface area contributed by atoms with Crippen molar-refractivity contribution >= 4 is 10.8 Å². The van der Waals surface area contributed by atoms with Crippen LogP contribution >= 0.6 is 0 Å². The van der Waals surface area contributed by atoms with Crippen LogP contribution in [-0.4, -0.2) is 33.5 Å². The average molecular weight is 553 g/mol. The molecule has 0 heterocycles. The van der Waals surface area contributed by atoms with Crippen molar-refractivity contribution in [3.63, 3.8) is 0 Å². The maximum atomic E-state index is 11.6. The topological polar surface area (TPSA) is 57.2 Å². The lowest BCUT2D eigenvalue weighted by Crippen LogP contribution is -2.43. The van der Waals surface area contributed by atoms with Gasteiger partial charge in [-0.1, -0.05) is 52.0 Å². The zero-order valence-corrected chi connectivity index (χ0v) is 25.4. The third-order valence-corrected chi connectivity index (χ3v) is 9.16. The van der Waals surface area contributed by atoms with Gasteiger partial charge in [0.25, 0.3) is 0 Å². The van der Waals surface area contributed by atoms with Crippen molar-refractivity contribution < 1.29 is 24.1 Å². The summed E-state index contributed by atoms with van der Waals surface area (Å²) in [7, 11) is 6.49. The van der Waals surface area contributed by atoms with Crippen LogP contribution in [0.15, 0.2) is 54.6 Å². The van der Waals surface area contributed by atoms with Gasteiger partial charge < -0.3 is 24.1 Å². The summed E-state index contributed by atoms with van der Waals surface area (Å²) in [6.45, 7) is 9.57. The van der Waals surface area contributed by atoms with Crippen LogP contribution in [0.3, 0.4) is 0 Å². The molecule has 1 spiro atoms. The van der Waals surface area contributed by atoms with E-state index in [2.05, 4.69) is 58.0 Å². The third-order valence-electron chi connectivity index (χ3n) is 9.16. The van der Waals surface area contributed by atoms with Gasteiger partial charge in [-0.2, -0.15) is 0 Å². The second-order valence-electron chi connectivity index (χ2n) is 13.3. The first kappa shape index (κ1) is 27.3. The molecule has 0 aromatic heterocycles. The van der Waals surface area contributed by atoms with Crippen molar-refractivity contribution in [1.29, 1.82) is 0 Å². The van der Waals surface area contributed by atoms with Crippen LogP contribution in [0.2, 0.25) is 0 Å². The van der Waals surface area contributed by atoms with Crippen LogP contribution in [0.25, 0.3) is 33.0 Å². The smallest absolute Gasteiger partial charge is 0.203 e. The number of fused-ring (bicyclic) bond motifs is 7. The van der Waals surface area contributed by atoms with Gasteiger partial charge in [-0.25, -0.2) is 0 Å². The van der Waals surface area contributed by atoms with Gasteiger partial charge in [0.15, 0.2) is 11.5 Å². The number of hydrogen-bond donors (Lipinski definition) is 1. The third kappa shape index (κ3) is 4.12. The molecule has 0 amide bonds. The molecule has 0 bridgehead atoms. The zero-order chi connectivity index (χ0) is 29.3. The predicted octanol–water partition coefficient (Wildman–Crippen LogP) is 8.75. The Morgan fingerprint density at radius 1 is 0.610 bits per heavy atom. The summed E-state index contributed by atoms with van der Waals surface area (Å²) in [5, 5.41) is 13.4. The first-order valence-corrected chi connectivity index (χ1v) is 14.3. The van der Waals surface area contributed by atoms with Crippen LogP contribution in [0.5, 0.6) is 28.7 Å². The van der Waals surface area contributed by atoms with E-state index in [1.807, 2.05) is 24.3 Å². The van der Waals surface area contributed by atoms with Crippen LogP contribution in [0.4, 0.5) is 0 Å². The minimum Gasteiger partial charge on any atom is -0.507 e. The summed E-state index contributed by atoms with van der Waals surface area (Å²) < 4.78 is 22.8. The molecule has 0 radical (unpaired) electrons. The molecule has 1 saturated carbocycles. The quantitative estimate of drug-likeness (QED) is 0.268. The Labute approximate surface area is 243 Å². The molecule has 5 nitrogen and oxygen atoms in total. The van der Waals surface area contributed by atoms with E-state index in [4.69, 9.17) is 18.9 Å². The van der Waals surface area contributed by atoms with Gasteiger partial charge in [0.05, 0.1) is 28.4 Å². The lowest BCUT2D eigenvalue weighted by Gasteiger charge is -2.51. The van der Waals surface area contributed by atoms with Gasteiger partial charge in [-0.05, 0) is 93.6 Å². The number of rotatable bonds is 5. The lowest BCUT2D eigenvalue weighted by molar-refractivity contribution is 0.0645. The number of methoxy groups -OCH3 is 4. The van der Waals surface area contributed by atoms with E-state index in [0.29, 0.717) is 23.0 Å². The summed E-state index contributed by atoms with van der Waals surface area (Å²) >= 11 is 0. The molecule has 6 rings (SSSR count). The van der Waals surface area contributed by atoms with Crippen molar-refractivity contribution in [1.82, 2.24) is 0 Å². The molecule has 2 aliphatic carbocycles. The SMILES string of the molecule is COc1cc2c(O)cc3c(c2cc1-c1cc(OC)c(OC)c(OC)c1)-c1ccccc1C31CC(C)(C)CC(C)(C)C1. The number of hydrogen-bond acceptors (Lipinski definition) is 5. The number of benzene rings is 4. The van der Waals surface area contributed by atoms with E-state index >= 15 is 0 Å². The van der Waals surface area contributed by atoms with E-state index in [0.717, 1.165) is 34.7 Å². The predicted molar refractivity (Wildman–Crippen MR) is 165 cm³/mol. The maximum absolute atomic E-state index is 11.6. The molecule has 0 aliphatic heterocycles. The lowest BCUT2D eigenvalue weighted by atomic mass is 9.52. The van der Waals surface area contributed by atoms with Crippen LogP contribution in [0, 0.1) is 10.8 Å². The highest BCUT2D eigenvalue weighted by atomic mass is 16.5. The van der Waals surface area contributed by atoms with Gasteiger partial charge in [0, 0.05) is 16.4 Å². The molecule has 214 valence electrons. The first-order valence-electron chi connectivity index (χ1n) is 14.3. The Balaban J connectivity index is 1.69. The van der Waals surface area contributed by atoms with Crippen LogP contribution in [-0.2, 0) is 5.41 Å². The molecule has 1 fully saturated rings. The molecule has 0 saturated heterocycles. The fourth-order valence-corrected chi connectivity index (χ4v) is 8.49. The van der Waals surface area contributed by atoms with Crippen molar-refractivity contribution in [3.05, 3.63) is 65.7 Å². The molecule has 2 aliphatic rings. The number of ether oxygens (including phenoxy) is 4. The Morgan fingerprint density at radius 2 is 1.22 bits per heavy atom. The minimum atomic E-state index is -0.171. The fraction of sp³-hybridized carbons (Fsp3) is 0.389. The summed E-state index contributed by atoms with van der Waals surface area (Å²) in [6, 6.07) is 18.9. The van der Waals surface area contributed by atoms with E-state index in [1.165, 1.54) is 28.7 Å². The van der Waals surface area contributed by atoms with Gasteiger partial charge in [0.2, 0.25) is 5.75 Å². The Bertz CT molecular complexity index is 1640. The number of phenols is 1. The fourth-order valence-electron chi connectivity index (χ4n) is 8.49. The van der Waals surface area contributed by atoms with E-state index < -0.39 is 0 Å². The minimum absolute atomic E-state index is 0.155. The van der Waals surface area contributed by atoms with Crippen molar-refractivity contribution in [2.75, 3.05) is 28.4 Å². The molecule has 0 atom stereocenters. The first-order chi connectivity index (χ1) is 19.5. The summed E-state index contributed by atoms with van der Waals surface area (Å²) in [4.78, 5) is 0. The van der Waals surface area contributed by atoms with E-state index in [1.54, 1.807) is 28.4 Å². The monoisotopic (exact) mass is 552 g/mol. The second-order valence-corrected chi connectivity index (χ2v) is 13.3. The molecule has 5 heteroatoms. The average Bonchev–Trinajstić information content (AvgIpc) is 3.17. The zero-order valence-electron chi connectivity index (χ0n) is 25.4. The molecular weight excluding hydrogens is 512 g/mol. The van der Waals surface area contributed by atoms with E-state index in [9.17, 15) is 5.11 Å². The standard InChI is InChI=1S/C36H40O5/c1-34(2)18-35(3,4)20-36(19-34)26-12-10-9-11-22(26)32-25-15-23(29(38-5)16-24(25)28(37)17-27(32)36)21-13-30(39-6)33(41-8)31(14-21)40-7/h9-17,37H,18-20H2,1-8H3. The highest BCUT2D eigenvalue weighted by Gasteiger charge is 2.53. The normalized spacial score (nSPS) is 17.7. The molecular formula is C36H40O5.